The highest BCUT2D eigenvalue weighted by atomic mass is 16.5. The van der Waals surface area contributed by atoms with E-state index in [4.69, 9.17) is 4.74 Å². The van der Waals surface area contributed by atoms with Gasteiger partial charge in [-0.1, -0.05) is 6.92 Å². The molecule has 0 unspecified atom stereocenters. The van der Waals surface area contributed by atoms with Gasteiger partial charge >= 0.3 is 6.01 Å². The van der Waals surface area contributed by atoms with E-state index in [9.17, 15) is 4.79 Å². The van der Waals surface area contributed by atoms with Crippen molar-refractivity contribution in [2.24, 2.45) is 0 Å². The average molecular weight is 194 g/mol. The molecule has 0 saturated heterocycles. The Bertz CT molecular complexity index is 324. The molecule has 0 amide bonds. The first kappa shape index (κ1) is 10.6. The first-order valence-electron chi connectivity index (χ1n) is 4.65. The molecule has 0 spiro atoms. The van der Waals surface area contributed by atoms with Gasteiger partial charge in [0.05, 0.1) is 17.4 Å². The smallest absolute Gasteiger partial charge is 0.316 e. The normalized spacial score (nSPS) is 10.3. The predicted molar refractivity (Wildman–Crippen MR) is 52.6 cm³/mol. The fourth-order valence-corrected chi connectivity index (χ4v) is 1.06. The van der Waals surface area contributed by atoms with Gasteiger partial charge in [-0.05, 0) is 20.3 Å². The molecule has 14 heavy (non-hydrogen) atoms. The number of carbonyl (C=O) groups excluding carboxylic acids is 1. The van der Waals surface area contributed by atoms with Crippen LogP contribution in [-0.2, 0) is 6.42 Å². The van der Waals surface area contributed by atoms with Crippen molar-refractivity contribution in [1.82, 2.24) is 9.97 Å². The van der Waals surface area contributed by atoms with E-state index >= 15 is 0 Å². The van der Waals surface area contributed by atoms with Gasteiger partial charge in [-0.3, -0.25) is 4.79 Å². The Hall–Kier alpha value is -1.45. The number of nitrogens with zero attached hydrogens (tertiary/aromatic N) is 2. The van der Waals surface area contributed by atoms with Gasteiger partial charge in [0.1, 0.15) is 0 Å². The zero-order valence-corrected chi connectivity index (χ0v) is 8.65. The first-order chi connectivity index (χ1) is 6.67. The lowest BCUT2D eigenvalue weighted by atomic mass is 10.2. The lowest BCUT2D eigenvalue weighted by molar-refractivity contribution is 0.112. The third-order valence-electron chi connectivity index (χ3n) is 1.68. The molecule has 76 valence electrons. The SMILES string of the molecule is CCc1nc(OC(C)C)ncc1C=O. The Morgan fingerprint density at radius 2 is 2.29 bits per heavy atom. The molecule has 0 atom stereocenters. The summed E-state index contributed by atoms with van der Waals surface area (Å²) in [5.41, 5.74) is 1.26. The van der Waals surface area contributed by atoms with E-state index < -0.39 is 0 Å². The molecule has 1 aromatic rings. The number of aromatic nitrogens is 2. The van der Waals surface area contributed by atoms with Crippen LogP contribution in [0.25, 0.3) is 0 Å². The summed E-state index contributed by atoms with van der Waals surface area (Å²) in [6, 6.07) is 0.336. The Kier molecular flexibility index (Phi) is 3.56. The van der Waals surface area contributed by atoms with Gasteiger partial charge in [0.25, 0.3) is 0 Å². The summed E-state index contributed by atoms with van der Waals surface area (Å²) in [5.74, 6) is 0. The minimum atomic E-state index is 0.0433. The summed E-state index contributed by atoms with van der Waals surface area (Å²) in [6.07, 6.45) is 3.00. The molecule has 0 N–H and O–H groups in total. The zero-order chi connectivity index (χ0) is 10.6. The molecule has 0 aliphatic rings. The van der Waals surface area contributed by atoms with Crippen LogP contribution >= 0.6 is 0 Å². The Morgan fingerprint density at radius 1 is 1.57 bits per heavy atom. The van der Waals surface area contributed by atoms with Crippen molar-refractivity contribution in [3.05, 3.63) is 17.5 Å². The van der Waals surface area contributed by atoms with Crippen molar-refractivity contribution in [2.75, 3.05) is 0 Å². The summed E-state index contributed by atoms with van der Waals surface area (Å²) in [7, 11) is 0. The summed E-state index contributed by atoms with van der Waals surface area (Å²) in [6.45, 7) is 5.75. The van der Waals surface area contributed by atoms with E-state index in [1.807, 2.05) is 20.8 Å². The van der Waals surface area contributed by atoms with Crippen LogP contribution in [0.5, 0.6) is 6.01 Å². The summed E-state index contributed by atoms with van der Waals surface area (Å²) < 4.78 is 5.32. The number of ether oxygens (including phenoxy) is 1. The molecular formula is C10H14N2O2. The van der Waals surface area contributed by atoms with Gasteiger partial charge in [-0.2, -0.15) is 4.98 Å². The van der Waals surface area contributed by atoms with E-state index in [1.165, 1.54) is 6.20 Å². The largest absolute Gasteiger partial charge is 0.461 e. The summed E-state index contributed by atoms with van der Waals surface area (Å²) >= 11 is 0. The molecule has 0 radical (unpaired) electrons. The number of rotatable bonds is 4. The highest BCUT2D eigenvalue weighted by molar-refractivity contribution is 5.75. The van der Waals surface area contributed by atoms with Crippen LogP contribution in [0.15, 0.2) is 6.20 Å². The molecule has 0 bridgehead atoms. The van der Waals surface area contributed by atoms with Crippen LogP contribution in [0.4, 0.5) is 0 Å². The monoisotopic (exact) mass is 194 g/mol. The molecule has 0 aromatic carbocycles. The fourth-order valence-electron chi connectivity index (χ4n) is 1.06. The number of aryl methyl sites for hydroxylation is 1. The van der Waals surface area contributed by atoms with Gasteiger partial charge in [0.2, 0.25) is 0 Å². The van der Waals surface area contributed by atoms with Crippen molar-refractivity contribution in [3.63, 3.8) is 0 Å². The molecule has 1 rings (SSSR count). The molecule has 4 nitrogen and oxygen atoms in total. The Morgan fingerprint density at radius 3 is 2.79 bits per heavy atom. The predicted octanol–water partition coefficient (Wildman–Crippen LogP) is 1.64. The van der Waals surface area contributed by atoms with E-state index in [0.717, 1.165) is 12.0 Å². The third kappa shape index (κ3) is 2.52. The van der Waals surface area contributed by atoms with E-state index in [2.05, 4.69) is 9.97 Å². The molecule has 1 heterocycles. The number of hydrogen-bond donors (Lipinski definition) is 0. The molecule has 1 aromatic heterocycles. The third-order valence-corrected chi connectivity index (χ3v) is 1.68. The fraction of sp³-hybridized carbons (Fsp3) is 0.500. The first-order valence-corrected chi connectivity index (χ1v) is 4.65. The summed E-state index contributed by atoms with van der Waals surface area (Å²) in [4.78, 5) is 18.7. The highest BCUT2D eigenvalue weighted by Gasteiger charge is 2.06. The number of aldehydes is 1. The minimum absolute atomic E-state index is 0.0433. The second-order valence-electron chi connectivity index (χ2n) is 3.19. The molecule has 0 aliphatic heterocycles. The molecule has 0 fully saturated rings. The maximum absolute atomic E-state index is 10.6. The maximum Gasteiger partial charge on any atom is 0.316 e. The van der Waals surface area contributed by atoms with Crippen LogP contribution in [0.3, 0.4) is 0 Å². The van der Waals surface area contributed by atoms with Crippen molar-refractivity contribution < 1.29 is 9.53 Å². The molecule has 0 aliphatic carbocycles. The lowest BCUT2D eigenvalue weighted by Crippen LogP contribution is -2.10. The van der Waals surface area contributed by atoms with Crippen LogP contribution in [0.2, 0.25) is 0 Å². The zero-order valence-electron chi connectivity index (χ0n) is 8.65. The van der Waals surface area contributed by atoms with Gasteiger partial charge in [0.15, 0.2) is 6.29 Å². The Labute approximate surface area is 83.3 Å². The van der Waals surface area contributed by atoms with Crippen LogP contribution < -0.4 is 4.74 Å². The van der Waals surface area contributed by atoms with E-state index in [0.29, 0.717) is 18.0 Å². The van der Waals surface area contributed by atoms with Crippen LogP contribution in [-0.4, -0.2) is 22.4 Å². The maximum atomic E-state index is 10.6. The van der Waals surface area contributed by atoms with E-state index in [-0.39, 0.29) is 6.10 Å². The van der Waals surface area contributed by atoms with Gasteiger partial charge in [-0.25, -0.2) is 4.98 Å². The van der Waals surface area contributed by atoms with Gasteiger partial charge < -0.3 is 4.74 Å². The number of carbonyl (C=O) groups is 1. The van der Waals surface area contributed by atoms with E-state index in [1.54, 1.807) is 0 Å². The highest BCUT2D eigenvalue weighted by Crippen LogP contribution is 2.09. The quantitative estimate of drug-likeness (QED) is 0.684. The molecule has 0 saturated carbocycles. The minimum Gasteiger partial charge on any atom is -0.461 e. The Balaban J connectivity index is 2.95. The van der Waals surface area contributed by atoms with Crippen molar-refractivity contribution in [3.8, 4) is 6.01 Å². The van der Waals surface area contributed by atoms with Crippen LogP contribution in [0.1, 0.15) is 36.8 Å². The topological polar surface area (TPSA) is 52.1 Å². The van der Waals surface area contributed by atoms with Crippen molar-refractivity contribution in [1.29, 1.82) is 0 Å². The van der Waals surface area contributed by atoms with Crippen molar-refractivity contribution >= 4 is 6.29 Å². The summed E-state index contributed by atoms with van der Waals surface area (Å²) in [5, 5.41) is 0. The standard InChI is InChI=1S/C10H14N2O2/c1-4-9-8(6-13)5-11-10(12-9)14-7(2)3/h5-7H,4H2,1-3H3. The number of hydrogen-bond acceptors (Lipinski definition) is 4. The van der Waals surface area contributed by atoms with Gasteiger partial charge in [-0.15, -0.1) is 0 Å². The lowest BCUT2D eigenvalue weighted by Gasteiger charge is -2.08. The van der Waals surface area contributed by atoms with Gasteiger partial charge in [0, 0.05) is 6.20 Å². The molecular weight excluding hydrogens is 180 g/mol. The second-order valence-corrected chi connectivity index (χ2v) is 3.19. The average Bonchev–Trinajstić information content (AvgIpc) is 2.16. The molecule has 4 heteroatoms. The second kappa shape index (κ2) is 4.69. The van der Waals surface area contributed by atoms with Crippen molar-refractivity contribution in [2.45, 2.75) is 33.3 Å². The van der Waals surface area contributed by atoms with Crippen LogP contribution in [0, 0.1) is 0 Å².